The van der Waals surface area contributed by atoms with E-state index in [4.69, 9.17) is 4.74 Å². The maximum Gasteiger partial charge on any atom is 0.244 e. The first kappa shape index (κ1) is 22.1. The number of amides is 2. The van der Waals surface area contributed by atoms with Crippen LogP contribution in [-0.2, 0) is 16.0 Å². The highest BCUT2D eigenvalue weighted by atomic mass is 16.5. The zero-order chi connectivity index (χ0) is 22.1. The van der Waals surface area contributed by atoms with Gasteiger partial charge in [0.15, 0.2) is 0 Å². The quantitative estimate of drug-likeness (QED) is 0.546. The predicted molar refractivity (Wildman–Crippen MR) is 124 cm³/mol. The Balaban J connectivity index is 1.62. The van der Waals surface area contributed by atoms with Crippen molar-refractivity contribution in [1.82, 2.24) is 4.90 Å². The summed E-state index contributed by atoms with van der Waals surface area (Å²) in [7, 11) is 1.56. The zero-order valence-corrected chi connectivity index (χ0v) is 18.0. The molecule has 0 saturated heterocycles. The molecule has 0 radical (unpaired) electrons. The molecule has 0 aliphatic heterocycles. The van der Waals surface area contributed by atoms with Crippen LogP contribution in [0.3, 0.4) is 0 Å². The SMILES string of the molecule is CCCN(CC(=O)Nc1ccccc1OC)C(=O)Cc1ccc(-c2ccccc2)cc1. The molecule has 3 aromatic carbocycles. The second-order valence-corrected chi connectivity index (χ2v) is 7.30. The molecule has 0 atom stereocenters. The van der Waals surface area contributed by atoms with E-state index in [1.807, 2.05) is 61.5 Å². The third kappa shape index (κ3) is 6.19. The molecule has 0 bridgehead atoms. The average Bonchev–Trinajstić information content (AvgIpc) is 2.80. The van der Waals surface area contributed by atoms with Gasteiger partial charge in [0, 0.05) is 6.54 Å². The van der Waals surface area contributed by atoms with Gasteiger partial charge in [-0.05, 0) is 35.2 Å². The van der Waals surface area contributed by atoms with Gasteiger partial charge in [0.25, 0.3) is 0 Å². The summed E-state index contributed by atoms with van der Waals surface area (Å²) in [5.41, 5.74) is 3.77. The minimum Gasteiger partial charge on any atom is -0.495 e. The lowest BCUT2D eigenvalue weighted by Crippen LogP contribution is -2.39. The zero-order valence-electron chi connectivity index (χ0n) is 18.0. The van der Waals surface area contributed by atoms with Crippen molar-refractivity contribution < 1.29 is 14.3 Å². The summed E-state index contributed by atoms with van der Waals surface area (Å²) in [6.07, 6.45) is 1.04. The van der Waals surface area contributed by atoms with Crippen LogP contribution in [0, 0.1) is 0 Å². The molecule has 1 N–H and O–H groups in total. The first-order chi connectivity index (χ1) is 15.1. The van der Waals surface area contributed by atoms with E-state index in [1.165, 1.54) is 0 Å². The maximum atomic E-state index is 12.9. The molecule has 0 heterocycles. The molecule has 0 saturated carbocycles. The molecular weight excluding hydrogens is 388 g/mol. The van der Waals surface area contributed by atoms with E-state index in [9.17, 15) is 9.59 Å². The average molecular weight is 417 g/mol. The van der Waals surface area contributed by atoms with E-state index < -0.39 is 0 Å². The number of ether oxygens (including phenoxy) is 1. The molecule has 5 heteroatoms. The molecule has 0 aliphatic rings. The van der Waals surface area contributed by atoms with Crippen molar-refractivity contribution >= 4 is 17.5 Å². The summed E-state index contributed by atoms with van der Waals surface area (Å²) < 4.78 is 5.27. The van der Waals surface area contributed by atoms with Crippen LogP contribution in [0.25, 0.3) is 11.1 Å². The number of nitrogens with zero attached hydrogens (tertiary/aromatic N) is 1. The standard InChI is InChI=1S/C26H28N2O3/c1-3-17-28(19-25(29)27-23-11-7-8-12-24(23)31-2)26(30)18-20-13-15-22(16-14-20)21-9-5-4-6-10-21/h4-16H,3,17-19H2,1-2H3,(H,27,29). The Hall–Kier alpha value is -3.60. The molecule has 2 amide bonds. The molecular formula is C26H28N2O3. The van der Waals surface area contributed by atoms with Gasteiger partial charge in [-0.3, -0.25) is 9.59 Å². The van der Waals surface area contributed by atoms with E-state index in [1.54, 1.807) is 24.1 Å². The van der Waals surface area contributed by atoms with Gasteiger partial charge in [0.05, 0.1) is 25.8 Å². The molecule has 0 spiro atoms. The Morgan fingerprint density at radius 3 is 2.19 bits per heavy atom. The number of hydrogen-bond donors (Lipinski definition) is 1. The van der Waals surface area contributed by atoms with Crippen LogP contribution in [0.2, 0.25) is 0 Å². The normalized spacial score (nSPS) is 10.4. The molecule has 160 valence electrons. The number of anilines is 1. The Labute approximate surface area is 183 Å². The summed E-state index contributed by atoms with van der Waals surface area (Å²) >= 11 is 0. The number of para-hydroxylation sites is 2. The van der Waals surface area contributed by atoms with Gasteiger partial charge in [-0.2, -0.15) is 0 Å². The van der Waals surface area contributed by atoms with Crippen molar-refractivity contribution in [3.8, 4) is 16.9 Å². The number of methoxy groups -OCH3 is 1. The maximum absolute atomic E-state index is 12.9. The number of hydrogen-bond acceptors (Lipinski definition) is 3. The molecule has 31 heavy (non-hydrogen) atoms. The fraction of sp³-hybridized carbons (Fsp3) is 0.231. The summed E-state index contributed by atoms with van der Waals surface area (Å²) in [4.78, 5) is 27.1. The highest BCUT2D eigenvalue weighted by Crippen LogP contribution is 2.23. The first-order valence-electron chi connectivity index (χ1n) is 10.5. The van der Waals surface area contributed by atoms with Gasteiger partial charge in [-0.15, -0.1) is 0 Å². The summed E-state index contributed by atoms with van der Waals surface area (Å²) in [6, 6.07) is 25.3. The van der Waals surface area contributed by atoms with Crippen LogP contribution in [-0.4, -0.2) is 36.9 Å². The predicted octanol–water partition coefficient (Wildman–Crippen LogP) is 4.78. The van der Waals surface area contributed by atoms with E-state index in [-0.39, 0.29) is 24.8 Å². The van der Waals surface area contributed by atoms with Crippen molar-refractivity contribution in [3.05, 3.63) is 84.4 Å². The fourth-order valence-electron chi connectivity index (χ4n) is 3.40. The van der Waals surface area contributed by atoms with Crippen LogP contribution >= 0.6 is 0 Å². The first-order valence-corrected chi connectivity index (χ1v) is 10.5. The van der Waals surface area contributed by atoms with E-state index >= 15 is 0 Å². The number of carbonyl (C=O) groups excluding carboxylic acids is 2. The third-order valence-electron chi connectivity index (χ3n) is 4.98. The van der Waals surface area contributed by atoms with Gasteiger partial charge < -0.3 is 15.0 Å². The largest absolute Gasteiger partial charge is 0.495 e. The lowest BCUT2D eigenvalue weighted by Gasteiger charge is -2.22. The minimum absolute atomic E-state index is 0.00677. The molecule has 3 aromatic rings. The third-order valence-corrected chi connectivity index (χ3v) is 4.98. The van der Waals surface area contributed by atoms with Gasteiger partial charge in [-0.25, -0.2) is 0 Å². The Morgan fingerprint density at radius 2 is 1.52 bits per heavy atom. The monoisotopic (exact) mass is 416 g/mol. The molecule has 3 rings (SSSR count). The fourth-order valence-corrected chi connectivity index (χ4v) is 3.40. The second kappa shape index (κ2) is 11.0. The summed E-state index contributed by atoms with van der Waals surface area (Å²) in [5.74, 6) is 0.276. The van der Waals surface area contributed by atoms with E-state index in [2.05, 4.69) is 17.4 Å². The number of rotatable bonds is 9. The lowest BCUT2D eigenvalue weighted by molar-refractivity contribution is -0.134. The van der Waals surface area contributed by atoms with Gasteiger partial charge >= 0.3 is 0 Å². The van der Waals surface area contributed by atoms with Gasteiger partial charge in [-0.1, -0.05) is 73.7 Å². The smallest absolute Gasteiger partial charge is 0.244 e. The van der Waals surface area contributed by atoms with Crippen molar-refractivity contribution in [2.24, 2.45) is 0 Å². The molecule has 5 nitrogen and oxygen atoms in total. The molecule has 0 aliphatic carbocycles. The van der Waals surface area contributed by atoms with Crippen molar-refractivity contribution in [2.45, 2.75) is 19.8 Å². The second-order valence-electron chi connectivity index (χ2n) is 7.30. The van der Waals surface area contributed by atoms with Crippen LogP contribution in [0.15, 0.2) is 78.9 Å². The van der Waals surface area contributed by atoms with Gasteiger partial charge in [0.1, 0.15) is 5.75 Å². The van der Waals surface area contributed by atoms with Gasteiger partial charge in [0.2, 0.25) is 11.8 Å². The van der Waals surface area contributed by atoms with Crippen molar-refractivity contribution in [2.75, 3.05) is 25.5 Å². The molecule has 0 fully saturated rings. The molecule has 0 aromatic heterocycles. The number of carbonyl (C=O) groups is 2. The molecule has 0 unspecified atom stereocenters. The van der Waals surface area contributed by atoms with Crippen molar-refractivity contribution in [1.29, 1.82) is 0 Å². The summed E-state index contributed by atoms with van der Waals surface area (Å²) in [5, 5.41) is 2.84. The summed E-state index contributed by atoms with van der Waals surface area (Å²) in [6.45, 7) is 2.53. The topological polar surface area (TPSA) is 58.6 Å². The Morgan fingerprint density at radius 1 is 0.871 bits per heavy atom. The van der Waals surface area contributed by atoms with Crippen LogP contribution in [0.1, 0.15) is 18.9 Å². The number of nitrogens with one attached hydrogen (secondary N) is 1. The van der Waals surface area contributed by atoms with Crippen molar-refractivity contribution in [3.63, 3.8) is 0 Å². The lowest BCUT2D eigenvalue weighted by atomic mass is 10.0. The Bertz CT molecular complexity index is 1000. The minimum atomic E-state index is -0.245. The Kier molecular flexibility index (Phi) is 7.82. The van der Waals surface area contributed by atoms with E-state index in [0.29, 0.717) is 18.0 Å². The van der Waals surface area contributed by atoms with Crippen LogP contribution < -0.4 is 10.1 Å². The van der Waals surface area contributed by atoms with E-state index in [0.717, 1.165) is 23.1 Å². The highest BCUT2D eigenvalue weighted by molar-refractivity contribution is 5.96. The number of benzene rings is 3. The highest BCUT2D eigenvalue weighted by Gasteiger charge is 2.18. The van der Waals surface area contributed by atoms with Crippen LogP contribution in [0.5, 0.6) is 5.75 Å². The van der Waals surface area contributed by atoms with Crippen LogP contribution in [0.4, 0.5) is 5.69 Å².